The third-order valence-electron chi connectivity index (χ3n) is 10.6. The second-order valence-electron chi connectivity index (χ2n) is 11.9. The summed E-state index contributed by atoms with van der Waals surface area (Å²) in [5, 5.41) is 12.0. The van der Waals surface area contributed by atoms with Gasteiger partial charge in [-0.3, -0.25) is 4.79 Å². The van der Waals surface area contributed by atoms with Crippen molar-refractivity contribution in [1.82, 2.24) is 0 Å². The van der Waals surface area contributed by atoms with E-state index in [4.69, 9.17) is 21.1 Å². The van der Waals surface area contributed by atoms with Gasteiger partial charge in [0.1, 0.15) is 5.60 Å². The van der Waals surface area contributed by atoms with Crippen LogP contribution in [0.2, 0.25) is 5.02 Å². The second-order valence-corrected chi connectivity index (χ2v) is 12.3. The molecular weight excluding hydrogens is 448 g/mol. The molecular formula is C29H39ClO4. The third-order valence-corrected chi connectivity index (χ3v) is 10.8. The number of methoxy groups -OCH3 is 1. The lowest BCUT2D eigenvalue weighted by molar-refractivity contribution is -0.232. The Labute approximate surface area is 209 Å². The van der Waals surface area contributed by atoms with Crippen LogP contribution in [0.1, 0.15) is 77.7 Å². The third kappa shape index (κ3) is 3.55. The zero-order valence-electron chi connectivity index (χ0n) is 21.0. The van der Waals surface area contributed by atoms with E-state index < -0.39 is 11.4 Å². The van der Waals surface area contributed by atoms with Crippen molar-refractivity contribution >= 4 is 17.4 Å². The van der Waals surface area contributed by atoms with Crippen molar-refractivity contribution in [1.29, 1.82) is 0 Å². The topological polar surface area (TPSA) is 55.8 Å². The normalized spacial score (nSPS) is 43.5. The summed E-state index contributed by atoms with van der Waals surface area (Å²) in [6.45, 7) is 6.84. The highest BCUT2D eigenvalue weighted by atomic mass is 35.5. The summed E-state index contributed by atoms with van der Waals surface area (Å²) in [5.41, 5.74) is 1.76. The Kier molecular flexibility index (Phi) is 6.08. The van der Waals surface area contributed by atoms with Crippen LogP contribution in [0.15, 0.2) is 35.9 Å². The molecule has 4 aliphatic rings. The van der Waals surface area contributed by atoms with E-state index >= 15 is 0 Å². The van der Waals surface area contributed by atoms with Crippen molar-refractivity contribution in [2.45, 2.75) is 90.1 Å². The molecule has 5 rings (SSSR count). The van der Waals surface area contributed by atoms with Crippen LogP contribution in [-0.4, -0.2) is 29.4 Å². The lowest BCUT2D eigenvalue weighted by Gasteiger charge is -2.59. The number of aliphatic hydroxyl groups is 1. The zero-order chi connectivity index (χ0) is 24.4. The number of ether oxygens (including phenoxy) is 2. The van der Waals surface area contributed by atoms with Crippen LogP contribution < -0.4 is 0 Å². The van der Waals surface area contributed by atoms with Gasteiger partial charge >= 0.3 is 0 Å². The first-order chi connectivity index (χ1) is 16.1. The highest BCUT2D eigenvalue weighted by Gasteiger charge is 2.66. The SMILES string of the molecule is CO[C@]1(C(C)=O)CC[C@H]2[C@@H]3CC=C4C[C@](O)(OCc5ccc(Cl)cc5)CC[C@]4(C)[C@H]3CC[C@@]21C. The van der Waals surface area contributed by atoms with E-state index in [1.54, 1.807) is 14.0 Å². The van der Waals surface area contributed by atoms with Gasteiger partial charge in [0.05, 0.1) is 6.61 Å². The Morgan fingerprint density at radius 3 is 2.47 bits per heavy atom. The second kappa shape index (κ2) is 8.44. The maximum atomic E-state index is 12.8. The predicted molar refractivity (Wildman–Crippen MR) is 133 cm³/mol. The Morgan fingerprint density at radius 2 is 1.79 bits per heavy atom. The summed E-state index contributed by atoms with van der Waals surface area (Å²) in [4.78, 5) is 12.8. The van der Waals surface area contributed by atoms with Gasteiger partial charge in [0.15, 0.2) is 11.6 Å². The average molecular weight is 487 g/mol. The molecule has 7 atom stereocenters. The zero-order valence-corrected chi connectivity index (χ0v) is 21.8. The van der Waals surface area contributed by atoms with Crippen LogP contribution >= 0.6 is 11.6 Å². The van der Waals surface area contributed by atoms with Crippen molar-refractivity contribution in [2.24, 2.45) is 28.6 Å². The molecule has 0 unspecified atom stereocenters. The minimum atomic E-state index is -1.12. The molecule has 0 saturated heterocycles. The largest absolute Gasteiger partial charge is 0.370 e. The van der Waals surface area contributed by atoms with Crippen molar-refractivity contribution in [2.75, 3.05) is 7.11 Å². The van der Waals surface area contributed by atoms with Crippen LogP contribution in [-0.2, 0) is 20.9 Å². The van der Waals surface area contributed by atoms with Crippen LogP contribution in [0.3, 0.4) is 0 Å². The number of benzene rings is 1. The molecule has 3 saturated carbocycles. The molecule has 0 radical (unpaired) electrons. The molecule has 186 valence electrons. The molecule has 3 fully saturated rings. The van der Waals surface area contributed by atoms with Gasteiger partial charge in [-0.05, 0) is 86.3 Å². The van der Waals surface area contributed by atoms with E-state index in [1.807, 2.05) is 24.3 Å². The lowest BCUT2D eigenvalue weighted by Crippen LogP contribution is -2.58. The van der Waals surface area contributed by atoms with Gasteiger partial charge in [-0.1, -0.05) is 49.2 Å². The number of hydrogen-bond acceptors (Lipinski definition) is 4. The Balaban J connectivity index is 1.35. The van der Waals surface area contributed by atoms with Crippen LogP contribution in [0.4, 0.5) is 0 Å². The first kappa shape index (κ1) is 24.5. The fraction of sp³-hybridized carbons (Fsp3) is 0.690. The van der Waals surface area contributed by atoms with Gasteiger partial charge in [0.2, 0.25) is 0 Å². The van der Waals surface area contributed by atoms with Gasteiger partial charge in [0.25, 0.3) is 0 Å². The highest BCUT2D eigenvalue weighted by Crippen LogP contribution is 2.68. The molecule has 34 heavy (non-hydrogen) atoms. The molecule has 0 amide bonds. The first-order valence-corrected chi connectivity index (χ1v) is 13.3. The van der Waals surface area contributed by atoms with E-state index in [0.717, 1.165) is 44.1 Å². The van der Waals surface area contributed by atoms with Gasteiger partial charge in [0, 0.05) is 30.4 Å². The molecule has 0 aliphatic heterocycles. The first-order valence-electron chi connectivity index (χ1n) is 12.9. The summed E-state index contributed by atoms with van der Waals surface area (Å²) in [7, 11) is 1.73. The van der Waals surface area contributed by atoms with Crippen LogP contribution in [0.25, 0.3) is 0 Å². The Bertz CT molecular complexity index is 988. The summed E-state index contributed by atoms with van der Waals surface area (Å²) >= 11 is 6.00. The maximum Gasteiger partial charge on any atom is 0.169 e. The standard InChI is InChI=1S/C29H39ClO4/c1-19(31)29(33-4)14-12-25-23-10-7-21-17-28(32,34-18-20-5-8-22(30)9-6-20)16-15-26(21,2)24(23)11-13-27(25,29)3/h5-9,23-25,32H,10-18H2,1-4H3/t23-,24+,25+,26+,27+,28-,29+/m1/s1. The predicted octanol–water partition coefficient (Wildman–Crippen LogP) is 6.48. The summed E-state index contributed by atoms with van der Waals surface area (Å²) in [5.74, 6) is 0.744. The minimum Gasteiger partial charge on any atom is -0.370 e. The monoisotopic (exact) mass is 486 g/mol. The molecule has 1 aromatic rings. The number of carbonyl (C=O) groups excluding carboxylic acids is 1. The van der Waals surface area contributed by atoms with E-state index in [9.17, 15) is 9.90 Å². The van der Waals surface area contributed by atoms with E-state index in [-0.39, 0.29) is 16.6 Å². The van der Waals surface area contributed by atoms with Crippen LogP contribution in [0, 0.1) is 28.6 Å². The molecule has 0 bridgehead atoms. The maximum absolute atomic E-state index is 12.8. The lowest BCUT2D eigenvalue weighted by atomic mass is 9.46. The van der Waals surface area contributed by atoms with E-state index in [2.05, 4.69) is 19.9 Å². The fourth-order valence-corrected chi connectivity index (χ4v) is 8.72. The minimum absolute atomic E-state index is 0.0897. The van der Waals surface area contributed by atoms with E-state index in [0.29, 0.717) is 42.2 Å². The van der Waals surface area contributed by atoms with Gasteiger partial charge < -0.3 is 14.6 Å². The average Bonchev–Trinajstić information content (AvgIpc) is 3.13. The highest BCUT2D eigenvalue weighted by molar-refractivity contribution is 6.30. The molecule has 4 aliphatic carbocycles. The number of fused-ring (bicyclic) bond motifs is 5. The molecule has 5 heteroatoms. The number of hydrogen-bond donors (Lipinski definition) is 1. The quantitative estimate of drug-likeness (QED) is 0.382. The Hall–Kier alpha value is -1.20. The number of halogens is 1. The fourth-order valence-electron chi connectivity index (χ4n) is 8.59. The molecule has 0 spiro atoms. The molecule has 0 aromatic heterocycles. The van der Waals surface area contributed by atoms with Crippen molar-refractivity contribution in [3.05, 3.63) is 46.5 Å². The smallest absolute Gasteiger partial charge is 0.169 e. The number of carbonyl (C=O) groups is 1. The van der Waals surface area contributed by atoms with E-state index in [1.165, 1.54) is 5.57 Å². The van der Waals surface area contributed by atoms with Gasteiger partial charge in [-0.2, -0.15) is 0 Å². The number of allylic oxidation sites excluding steroid dienone is 1. The summed E-state index contributed by atoms with van der Waals surface area (Å²) < 4.78 is 12.1. The van der Waals surface area contributed by atoms with Gasteiger partial charge in [-0.25, -0.2) is 0 Å². The molecule has 4 nitrogen and oxygen atoms in total. The number of rotatable bonds is 5. The summed E-state index contributed by atoms with van der Waals surface area (Å²) in [6, 6.07) is 7.61. The molecule has 0 heterocycles. The van der Waals surface area contributed by atoms with Crippen LogP contribution in [0.5, 0.6) is 0 Å². The van der Waals surface area contributed by atoms with Crippen molar-refractivity contribution in [3.63, 3.8) is 0 Å². The molecule has 1 aromatic carbocycles. The Morgan fingerprint density at radius 1 is 1.09 bits per heavy atom. The summed E-state index contributed by atoms with van der Waals surface area (Å²) in [6.07, 6.45) is 9.66. The van der Waals surface area contributed by atoms with Gasteiger partial charge in [-0.15, -0.1) is 0 Å². The molecule has 1 N–H and O–H groups in total. The van der Waals surface area contributed by atoms with Crippen molar-refractivity contribution in [3.8, 4) is 0 Å². The number of ketones is 1. The van der Waals surface area contributed by atoms with Crippen molar-refractivity contribution < 1.29 is 19.4 Å². The number of Topliss-reactive ketones (excluding diaryl/α,β-unsaturated/α-hetero) is 1.